The van der Waals surface area contributed by atoms with E-state index in [1.165, 1.54) is 4.90 Å². The molecule has 6 atom stereocenters. The number of methoxy groups -OCH3 is 1. The molecule has 0 spiro atoms. The predicted octanol–water partition coefficient (Wildman–Crippen LogP) is 10.2. The Morgan fingerprint density at radius 1 is 0.923 bits per heavy atom. The molecule has 1 aliphatic heterocycles. The van der Waals surface area contributed by atoms with Crippen LogP contribution in [-0.4, -0.2) is 84.4 Å². The lowest BCUT2D eigenvalue weighted by Gasteiger charge is -2.60. The molecule has 0 bridgehead atoms. The number of thioether (sulfide) groups is 1. The second-order valence-electron chi connectivity index (χ2n) is 17.2. The fourth-order valence-corrected chi connectivity index (χ4v) is 10.8. The Hall–Kier alpha value is -5.07. The number of fused-ring (bicyclic) bond motifs is 2. The average Bonchev–Trinajstić information content (AvgIpc) is 3.33. The number of hydrogen-bond donors (Lipinski definition) is 2. The topological polar surface area (TPSA) is 119 Å². The number of rotatable bonds is 25. The molecule has 65 heavy (non-hydrogen) atoms. The molecular weight excluding hydrogens is 837 g/mol. The minimum Gasteiger partial charge on any atom is -0.497 e. The van der Waals surface area contributed by atoms with Crippen LogP contribution < -0.4 is 14.2 Å². The molecule has 10 nitrogen and oxygen atoms in total. The fourth-order valence-electron chi connectivity index (χ4n) is 10.1. The lowest BCUT2D eigenvalue weighted by molar-refractivity contribution is -0.257. The Balaban J connectivity index is 1.37. The molecule has 6 unspecified atom stereocenters. The highest BCUT2D eigenvalue weighted by Gasteiger charge is 2.65. The van der Waals surface area contributed by atoms with E-state index < -0.39 is 17.7 Å². The number of hydrogen-bond acceptors (Lipinski definition) is 10. The van der Waals surface area contributed by atoms with Gasteiger partial charge in [0, 0.05) is 48.3 Å². The van der Waals surface area contributed by atoms with E-state index in [0.29, 0.717) is 50.3 Å². The normalized spacial score (nSPS) is 22.5. The highest BCUT2D eigenvalue weighted by atomic mass is 32.2. The molecule has 1 amide bonds. The largest absolute Gasteiger partial charge is 0.497 e. The van der Waals surface area contributed by atoms with E-state index in [1.807, 2.05) is 89.8 Å². The molecule has 1 heterocycles. The molecule has 4 aromatic rings. The zero-order valence-electron chi connectivity index (χ0n) is 38.0. The first-order valence-electron chi connectivity index (χ1n) is 23.4. The van der Waals surface area contributed by atoms with Crippen molar-refractivity contribution in [3.63, 3.8) is 0 Å². The van der Waals surface area contributed by atoms with Crippen LogP contribution in [0.15, 0.2) is 137 Å². The molecule has 2 aliphatic carbocycles. The number of oxime groups is 1. The maximum Gasteiger partial charge on any atom is 0.239 e. The smallest absolute Gasteiger partial charge is 0.239 e. The standard InChI is InChI=1S/C54H66N2O8S/c1-4-27-56(51(59)34-40-19-16-21-42(33-40)60-3)50-37-48(55-63-38-39-17-8-6-9-18-39)46-35-41(20-12-14-28-57)45(24-13-15-29-58)52-47-36-43(61-31-32-65-44-22-10-7-11-23-44)25-26-49(47)64-54(50,53(46)52)62-30-5-2/h5-11,16-19,21-23,25-26,33,35-36,41,45,50,52-53,57-58H,2,4,12-15,20,24,27-32,34,37-38H2,1,3H3. The van der Waals surface area contributed by atoms with Crippen LogP contribution in [-0.2, 0) is 27.4 Å². The van der Waals surface area contributed by atoms with Crippen LogP contribution >= 0.6 is 11.8 Å². The third-order valence-electron chi connectivity index (χ3n) is 12.9. The Morgan fingerprint density at radius 3 is 2.42 bits per heavy atom. The number of amides is 1. The average molecular weight is 903 g/mol. The van der Waals surface area contributed by atoms with Gasteiger partial charge in [-0.05, 0) is 103 Å². The summed E-state index contributed by atoms with van der Waals surface area (Å²) < 4.78 is 26.7. The molecule has 2 N–H and O–H groups in total. The number of carbonyl (C=O) groups is 1. The number of aliphatic hydroxyl groups is 2. The van der Waals surface area contributed by atoms with Gasteiger partial charge in [0.1, 0.15) is 29.9 Å². The van der Waals surface area contributed by atoms with Crippen LogP contribution in [0, 0.1) is 17.8 Å². The molecule has 3 aliphatic rings. The van der Waals surface area contributed by atoms with E-state index >= 15 is 0 Å². The Kier molecular flexibility index (Phi) is 17.6. The van der Waals surface area contributed by atoms with Gasteiger partial charge in [-0.3, -0.25) is 4.79 Å². The molecule has 0 saturated heterocycles. The van der Waals surface area contributed by atoms with Crippen molar-refractivity contribution in [3.05, 3.63) is 144 Å². The van der Waals surface area contributed by atoms with Gasteiger partial charge in [-0.1, -0.05) is 97.7 Å². The van der Waals surface area contributed by atoms with Crippen LogP contribution in [0.2, 0.25) is 0 Å². The minimum absolute atomic E-state index is 0.0519. The van der Waals surface area contributed by atoms with Gasteiger partial charge in [0.05, 0.1) is 38.4 Å². The van der Waals surface area contributed by atoms with E-state index in [-0.39, 0.29) is 56.5 Å². The van der Waals surface area contributed by atoms with Gasteiger partial charge in [-0.2, -0.15) is 0 Å². The number of aliphatic hydroxyl groups excluding tert-OH is 2. The van der Waals surface area contributed by atoms with Crippen LogP contribution in [0.4, 0.5) is 0 Å². The van der Waals surface area contributed by atoms with Crippen molar-refractivity contribution in [2.24, 2.45) is 22.9 Å². The van der Waals surface area contributed by atoms with Crippen LogP contribution in [0.5, 0.6) is 17.2 Å². The van der Waals surface area contributed by atoms with Gasteiger partial charge >= 0.3 is 0 Å². The Bertz CT molecular complexity index is 2200. The molecule has 1 saturated carbocycles. The molecule has 0 radical (unpaired) electrons. The number of allylic oxidation sites excluding steroid dienone is 1. The maximum atomic E-state index is 15.0. The predicted molar refractivity (Wildman–Crippen MR) is 258 cm³/mol. The highest BCUT2D eigenvalue weighted by molar-refractivity contribution is 7.99. The molecule has 7 rings (SSSR count). The zero-order valence-corrected chi connectivity index (χ0v) is 38.8. The second-order valence-corrected chi connectivity index (χ2v) is 18.3. The summed E-state index contributed by atoms with van der Waals surface area (Å²) in [6.07, 6.45) is 10.1. The van der Waals surface area contributed by atoms with Crippen molar-refractivity contribution in [1.29, 1.82) is 0 Å². The van der Waals surface area contributed by atoms with Crippen molar-refractivity contribution in [1.82, 2.24) is 4.90 Å². The van der Waals surface area contributed by atoms with E-state index in [1.54, 1.807) is 24.9 Å². The third kappa shape index (κ3) is 11.7. The van der Waals surface area contributed by atoms with Gasteiger partial charge in [0.15, 0.2) is 0 Å². The summed E-state index contributed by atoms with van der Waals surface area (Å²) in [6, 6.07) is 33.6. The fraction of sp³-hybridized carbons (Fsp3) is 0.444. The van der Waals surface area contributed by atoms with E-state index in [2.05, 4.69) is 37.8 Å². The quantitative estimate of drug-likeness (QED) is 0.0290. The Labute approximate surface area is 389 Å². The van der Waals surface area contributed by atoms with Gasteiger partial charge < -0.3 is 38.9 Å². The van der Waals surface area contributed by atoms with E-state index in [0.717, 1.165) is 65.2 Å². The number of nitrogens with zero attached hydrogens (tertiary/aromatic N) is 2. The number of carbonyl (C=O) groups excluding carboxylic acids is 1. The number of benzene rings is 4. The summed E-state index contributed by atoms with van der Waals surface area (Å²) in [5, 5.41) is 25.0. The highest BCUT2D eigenvalue weighted by Crippen LogP contribution is 2.62. The van der Waals surface area contributed by atoms with Crippen molar-refractivity contribution in [2.45, 2.75) is 94.0 Å². The van der Waals surface area contributed by atoms with Gasteiger partial charge in [0.2, 0.25) is 11.7 Å². The summed E-state index contributed by atoms with van der Waals surface area (Å²) in [7, 11) is 1.63. The van der Waals surface area contributed by atoms with Crippen LogP contribution in [0.25, 0.3) is 0 Å². The van der Waals surface area contributed by atoms with Crippen molar-refractivity contribution in [2.75, 3.05) is 45.8 Å². The summed E-state index contributed by atoms with van der Waals surface area (Å²) in [5.74, 6) is 1.20. The van der Waals surface area contributed by atoms with Crippen molar-refractivity contribution < 1.29 is 38.8 Å². The summed E-state index contributed by atoms with van der Waals surface area (Å²) >= 11 is 1.76. The molecule has 0 aromatic heterocycles. The summed E-state index contributed by atoms with van der Waals surface area (Å²) in [5.41, 5.74) is 4.65. The summed E-state index contributed by atoms with van der Waals surface area (Å²) in [6.45, 7) is 7.88. The maximum absolute atomic E-state index is 15.0. The first-order chi connectivity index (χ1) is 31.9. The molecule has 346 valence electrons. The van der Waals surface area contributed by atoms with Gasteiger partial charge in [0.25, 0.3) is 0 Å². The third-order valence-corrected chi connectivity index (χ3v) is 13.9. The second kappa shape index (κ2) is 23.9. The Morgan fingerprint density at radius 2 is 1.68 bits per heavy atom. The van der Waals surface area contributed by atoms with Gasteiger partial charge in [-0.25, -0.2) is 0 Å². The molecule has 1 fully saturated rings. The summed E-state index contributed by atoms with van der Waals surface area (Å²) in [4.78, 5) is 24.4. The molecule has 4 aromatic carbocycles. The van der Waals surface area contributed by atoms with E-state index in [4.69, 9.17) is 28.9 Å². The van der Waals surface area contributed by atoms with Crippen LogP contribution in [0.3, 0.4) is 0 Å². The van der Waals surface area contributed by atoms with Crippen LogP contribution in [0.1, 0.15) is 80.9 Å². The van der Waals surface area contributed by atoms with Crippen molar-refractivity contribution >= 4 is 23.4 Å². The lowest BCUT2D eigenvalue weighted by atomic mass is 9.55. The van der Waals surface area contributed by atoms with Gasteiger partial charge in [-0.15, -0.1) is 18.3 Å². The molecular formula is C54H66N2O8S. The first-order valence-corrected chi connectivity index (χ1v) is 24.4. The van der Waals surface area contributed by atoms with E-state index in [9.17, 15) is 15.0 Å². The number of ether oxygens (including phenoxy) is 4. The lowest BCUT2D eigenvalue weighted by Crippen LogP contribution is -2.70. The minimum atomic E-state index is -1.34. The monoisotopic (exact) mass is 902 g/mol. The molecule has 11 heteroatoms. The SMILES string of the molecule is C=CCOC12Oc3ccc(OCCSc4ccccc4)cc3C3C(CCCCO)C(CCCCO)C=C(C(=NOCc4ccccc4)CC1N(CCC)C(=O)Cc1cccc(OC)c1)C32. The zero-order chi connectivity index (χ0) is 45.4. The first kappa shape index (κ1) is 47.9. The van der Waals surface area contributed by atoms with Crippen molar-refractivity contribution in [3.8, 4) is 17.2 Å². The number of unbranched alkanes of at least 4 members (excludes halogenated alkanes) is 2.